The highest BCUT2D eigenvalue weighted by Gasteiger charge is 2.19. The molecule has 0 aliphatic heterocycles. The van der Waals surface area contributed by atoms with Crippen molar-refractivity contribution in [2.24, 2.45) is 0 Å². The maximum absolute atomic E-state index is 6.15. The van der Waals surface area contributed by atoms with Gasteiger partial charge in [-0.25, -0.2) is 4.98 Å². The maximum Gasteiger partial charge on any atom is 0.133 e. The summed E-state index contributed by atoms with van der Waals surface area (Å²) in [4.78, 5) is 7.65. The molecule has 2 nitrogen and oxygen atoms in total. The Labute approximate surface area is 113 Å². The number of hydrogen-bond acceptors (Lipinski definition) is 1. The third-order valence-corrected chi connectivity index (χ3v) is 2.92. The SMILES string of the molecule is CC(C)(C)c1nc(/C=C/c2ccccc2)c(Cl)[nH]1. The van der Waals surface area contributed by atoms with E-state index in [1.165, 1.54) is 0 Å². The predicted molar refractivity (Wildman–Crippen MR) is 77.7 cm³/mol. The smallest absolute Gasteiger partial charge is 0.133 e. The summed E-state index contributed by atoms with van der Waals surface area (Å²) in [6.45, 7) is 6.31. The average Bonchev–Trinajstić information content (AvgIpc) is 2.69. The van der Waals surface area contributed by atoms with Crippen LogP contribution in [0, 0.1) is 0 Å². The molecule has 2 rings (SSSR count). The standard InChI is InChI=1S/C15H17ClN2/c1-15(2,3)14-17-12(13(16)18-14)10-9-11-7-5-4-6-8-11/h4-10H,1-3H3,(H,17,18)/b10-9+. The van der Waals surface area contributed by atoms with E-state index < -0.39 is 0 Å². The highest BCUT2D eigenvalue weighted by Crippen LogP contribution is 2.24. The molecule has 0 radical (unpaired) electrons. The molecule has 94 valence electrons. The van der Waals surface area contributed by atoms with Crippen LogP contribution in [-0.4, -0.2) is 9.97 Å². The lowest BCUT2D eigenvalue weighted by Crippen LogP contribution is -2.13. The Bertz CT molecular complexity index is 548. The number of nitrogens with zero attached hydrogens (tertiary/aromatic N) is 1. The summed E-state index contributed by atoms with van der Waals surface area (Å²) in [5.41, 5.74) is 1.89. The molecular formula is C15H17ClN2. The summed E-state index contributed by atoms with van der Waals surface area (Å²) in [6.07, 6.45) is 3.94. The highest BCUT2D eigenvalue weighted by molar-refractivity contribution is 6.30. The minimum atomic E-state index is -0.0253. The van der Waals surface area contributed by atoms with Gasteiger partial charge in [-0.15, -0.1) is 0 Å². The molecule has 0 unspecified atom stereocenters. The summed E-state index contributed by atoms with van der Waals surface area (Å²) >= 11 is 6.15. The molecule has 0 bridgehead atoms. The number of benzene rings is 1. The zero-order valence-electron chi connectivity index (χ0n) is 10.9. The molecule has 0 aliphatic rings. The normalized spacial score (nSPS) is 12.2. The number of aromatic amines is 1. The van der Waals surface area contributed by atoms with Crippen LogP contribution >= 0.6 is 11.6 Å². The molecule has 1 aromatic carbocycles. The predicted octanol–water partition coefficient (Wildman–Crippen LogP) is 4.53. The molecule has 0 saturated carbocycles. The van der Waals surface area contributed by atoms with Crippen molar-refractivity contribution in [2.75, 3.05) is 0 Å². The Morgan fingerprint density at radius 1 is 1.11 bits per heavy atom. The van der Waals surface area contributed by atoms with Crippen LogP contribution in [0.5, 0.6) is 0 Å². The third kappa shape index (κ3) is 3.02. The van der Waals surface area contributed by atoms with Crippen LogP contribution in [0.2, 0.25) is 5.15 Å². The molecule has 1 N–H and O–H groups in total. The molecule has 1 aromatic heterocycles. The average molecular weight is 261 g/mol. The van der Waals surface area contributed by atoms with E-state index in [-0.39, 0.29) is 5.41 Å². The van der Waals surface area contributed by atoms with E-state index in [0.717, 1.165) is 17.1 Å². The number of imidazole rings is 1. The van der Waals surface area contributed by atoms with Crippen molar-refractivity contribution in [1.29, 1.82) is 0 Å². The van der Waals surface area contributed by atoms with Crippen molar-refractivity contribution >= 4 is 23.8 Å². The van der Waals surface area contributed by atoms with E-state index in [1.807, 2.05) is 42.5 Å². The quantitative estimate of drug-likeness (QED) is 0.844. The van der Waals surface area contributed by atoms with E-state index >= 15 is 0 Å². The van der Waals surface area contributed by atoms with Crippen LogP contribution in [0.15, 0.2) is 30.3 Å². The lowest BCUT2D eigenvalue weighted by Gasteiger charge is -2.13. The Balaban J connectivity index is 2.25. The number of H-pyrrole nitrogens is 1. The van der Waals surface area contributed by atoms with Crippen molar-refractivity contribution in [3.05, 3.63) is 52.6 Å². The molecule has 1 heterocycles. The number of aromatic nitrogens is 2. The van der Waals surface area contributed by atoms with Crippen molar-refractivity contribution in [2.45, 2.75) is 26.2 Å². The molecule has 3 heteroatoms. The summed E-state index contributed by atoms with van der Waals surface area (Å²) < 4.78 is 0. The first-order chi connectivity index (χ1) is 8.47. The Morgan fingerprint density at radius 3 is 2.33 bits per heavy atom. The summed E-state index contributed by atoms with van der Waals surface area (Å²) in [6, 6.07) is 10.1. The van der Waals surface area contributed by atoms with Gasteiger partial charge in [-0.2, -0.15) is 0 Å². The van der Waals surface area contributed by atoms with Gasteiger partial charge in [-0.3, -0.25) is 0 Å². The van der Waals surface area contributed by atoms with Crippen LogP contribution in [-0.2, 0) is 5.41 Å². The molecule has 18 heavy (non-hydrogen) atoms. The first kappa shape index (κ1) is 12.9. The molecule has 0 atom stereocenters. The Hall–Kier alpha value is -1.54. The number of nitrogens with one attached hydrogen (secondary N) is 1. The van der Waals surface area contributed by atoms with Crippen molar-refractivity contribution in [3.63, 3.8) is 0 Å². The largest absolute Gasteiger partial charge is 0.332 e. The molecule has 0 saturated heterocycles. The lowest BCUT2D eigenvalue weighted by atomic mass is 9.96. The van der Waals surface area contributed by atoms with E-state index in [4.69, 9.17) is 11.6 Å². The Kier molecular flexibility index (Phi) is 3.58. The van der Waals surface area contributed by atoms with Crippen LogP contribution in [0.25, 0.3) is 12.2 Å². The number of rotatable bonds is 2. The minimum Gasteiger partial charge on any atom is -0.332 e. The van der Waals surface area contributed by atoms with Gasteiger partial charge in [0.15, 0.2) is 0 Å². The van der Waals surface area contributed by atoms with Crippen molar-refractivity contribution in [1.82, 2.24) is 9.97 Å². The first-order valence-electron chi connectivity index (χ1n) is 5.96. The summed E-state index contributed by atoms with van der Waals surface area (Å²) in [5.74, 6) is 0.903. The lowest BCUT2D eigenvalue weighted by molar-refractivity contribution is 0.552. The highest BCUT2D eigenvalue weighted by atomic mass is 35.5. The van der Waals surface area contributed by atoms with Gasteiger partial charge in [-0.1, -0.05) is 68.8 Å². The fourth-order valence-corrected chi connectivity index (χ4v) is 1.77. The second kappa shape index (κ2) is 4.99. The van der Waals surface area contributed by atoms with Gasteiger partial charge in [0.25, 0.3) is 0 Å². The molecular weight excluding hydrogens is 244 g/mol. The fourth-order valence-electron chi connectivity index (χ4n) is 1.57. The van der Waals surface area contributed by atoms with Gasteiger partial charge in [0.2, 0.25) is 0 Å². The van der Waals surface area contributed by atoms with E-state index in [9.17, 15) is 0 Å². The monoisotopic (exact) mass is 260 g/mol. The van der Waals surface area contributed by atoms with E-state index in [0.29, 0.717) is 5.15 Å². The topological polar surface area (TPSA) is 28.7 Å². The van der Waals surface area contributed by atoms with Crippen LogP contribution in [0.3, 0.4) is 0 Å². The zero-order chi connectivity index (χ0) is 13.2. The van der Waals surface area contributed by atoms with Crippen LogP contribution in [0.1, 0.15) is 37.9 Å². The second-order valence-corrected chi connectivity index (χ2v) is 5.66. The third-order valence-electron chi connectivity index (χ3n) is 2.63. The summed E-state index contributed by atoms with van der Waals surface area (Å²) in [5, 5.41) is 0.590. The first-order valence-corrected chi connectivity index (χ1v) is 6.34. The number of halogens is 1. The Morgan fingerprint density at radius 2 is 1.78 bits per heavy atom. The van der Waals surface area contributed by atoms with Gasteiger partial charge in [-0.05, 0) is 11.6 Å². The fraction of sp³-hybridized carbons (Fsp3) is 0.267. The van der Waals surface area contributed by atoms with Crippen molar-refractivity contribution in [3.8, 4) is 0 Å². The van der Waals surface area contributed by atoms with E-state index in [2.05, 4.69) is 30.7 Å². The second-order valence-electron chi connectivity index (χ2n) is 5.28. The van der Waals surface area contributed by atoms with Gasteiger partial charge >= 0.3 is 0 Å². The maximum atomic E-state index is 6.15. The van der Waals surface area contributed by atoms with Gasteiger partial charge in [0.05, 0.1) is 0 Å². The molecule has 0 spiro atoms. The van der Waals surface area contributed by atoms with Crippen LogP contribution in [0.4, 0.5) is 0 Å². The molecule has 2 aromatic rings. The van der Waals surface area contributed by atoms with Gasteiger partial charge in [0, 0.05) is 5.41 Å². The van der Waals surface area contributed by atoms with E-state index in [1.54, 1.807) is 0 Å². The van der Waals surface area contributed by atoms with Gasteiger partial charge in [0.1, 0.15) is 16.7 Å². The zero-order valence-corrected chi connectivity index (χ0v) is 11.6. The number of hydrogen-bond donors (Lipinski definition) is 1. The van der Waals surface area contributed by atoms with Crippen LogP contribution < -0.4 is 0 Å². The van der Waals surface area contributed by atoms with Crippen molar-refractivity contribution < 1.29 is 0 Å². The van der Waals surface area contributed by atoms with Gasteiger partial charge < -0.3 is 4.98 Å². The molecule has 0 amide bonds. The minimum absolute atomic E-state index is 0.0253. The summed E-state index contributed by atoms with van der Waals surface area (Å²) in [7, 11) is 0. The molecule has 0 aliphatic carbocycles. The molecule has 0 fully saturated rings.